The van der Waals surface area contributed by atoms with Gasteiger partial charge in [-0.05, 0) is 52.9 Å². The van der Waals surface area contributed by atoms with Crippen molar-refractivity contribution in [2.45, 2.75) is 25.0 Å². The van der Waals surface area contributed by atoms with Crippen molar-refractivity contribution >= 4 is 21.8 Å². The van der Waals surface area contributed by atoms with Gasteiger partial charge in [-0.25, -0.2) is 19.3 Å². The average molecular weight is 469 g/mol. The second-order valence-corrected chi connectivity index (χ2v) is 8.48. The molecule has 8 heteroatoms. The van der Waals surface area contributed by atoms with Crippen LogP contribution in [-0.4, -0.2) is 44.4 Å². The third kappa shape index (κ3) is 3.45. The van der Waals surface area contributed by atoms with Gasteiger partial charge in [-0.1, -0.05) is 12.1 Å². The highest BCUT2D eigenvalue weighted by atomic mass is 79.9. The van der Waals surface area contributed by atoms with E-state index < -0.39 is 5.82 Å². The molecule has 2 bridgehead atoms. The number of hydrogen-bond donors (Lipinski definition) is 0. The molecule has 2 aliphatic rings. The van der Waals surface area contributed by atoms with Crippen LogP contribution in [0.1, 0.15) is 23.2 Å². The number of nitrogens with zero attached hydrogens (tertiary/aromatic N) is 4. The fraction of sp³-hybridized carbons (Fsp3) is 0.273. The molecular weight excluding hydrogens is 451 g/mol. The van der Waals surface area contributed by atoms with Crippen LogP contribution in [0.5, 0.6) is 5.88 Å². The lowest BCUT2D eigenvalue weighted by atomic mass is 10.0. The molecule has 0 unspecified atom stereocenters. The summed E-state index contributed by atoms with van der Waals surface area (Å²) in [5.74, 6) is 0.270. The van der Waals surface area contributed by atoms with Gasteiger partial charge in [0.05, 0.1) is 11.6 Å². The number of pyridine rings is 1. The van der Waals surface area contributed by atoms with Crippen LogP contribution in [0.2, 0.25) is 0 Å². The Hall–Kier alpha value is -2.87. The molecule has 2 aromatic heterocycles. The molecule has 2 fully saturated rings. The maximum absolute atomic E-state index is 14.8. The summed E-state index contributed by atoms with van der Waals surface area (Å²) >= 11 is 3.36. The lowest BCUT2D eigenvalue weighted by molar-refractivity contribution is 0.0463. The summed E-state index contributed by atoms with van der Waals surface area (Å²) in [6, 6.07) is 9.78. The first kappa shape index (κ1) is 19.1. The van der Waals surface area contributed by atoms with Crippen molar-refractivity contribution < 1.29 is 13.9 Å². The minimum absolute atomic E-state index is 0.0109. The number of hydrogen-bond acceptors (Lipinski definition) is 5. The van der Waals surface area contributed by atoms with Crippen molar-refractivity contribution in [1.29, 1.82) is 0 Å². The highest BCUT2D eigenvalue weighted by Crippen LogP contribution is 2.41. The van der Waals surface area contributed by atoms with Crippen molar-refractivity contribution in [1.82, 2.24) is 19.9 Å². The van der Waals surface area contributed by atoms with Gasteiger partial charge >= 0.3 is 0 Å². The first-order chi connectivity index (χ1) is 14.6. The Morgan fingerprint density at radius 1 is 1.10 bits per heavy atom. The van der Waals surface area contributed by atoms with Gasteiger partial charge in [-0.2, -0.15) is 0 Å². The van der Waals surface area contributed by atoms with E-state index in [0.29, 0.717) is 29.7 Å². The molecule has 5 rings (SSSR count). The maximum atomic E-state index is 14.8. The summed E-state index contributed by atoms with van der Waals surface area (Å²) in [6.45, 7) is 0.598. The van der Waals surface area contributed by atoms with Gasteiger partial charge in [0.25, 0.3) is 5.91 Å². The van der Waals surface area contributed by atoms with E-state index in [4.69, 9.17) is 4.74 Å². The molecule has 30 heavy (non-hydrogen) atoms. The van der Waals surface area contributed by atoms with Crippen molar-refractivity contribution in [3.8, 4) is 17.3 Å². The number of likely N-dealkylation sites (tertiary alicyclic amines) is 1. The van der Waals surface area contributed by atoms with Crippen LogP contribution >= 0.6 is 15.9 Å². The van der Waals surface area contributed by atoms with Gasteiger partial charge in [0, 0.05) is 41.2 Å². The summed E-state index contributed by atoms with van der Waals surface area (Å²) in [7, 11) is 0. The molecule has 1 aromatic carbocycles. The smallest absolute Gasteiger partial charge is 0.257 e. The van der Waals surface area contributed by atoms with Crippen molar-refractivity contribution in [2.24, 2.45) is 5.92 Å². The molecule has 3 atom stereocenters. The lowest BCUT2D eigenvalue weighted by Crippen LogP contribution is -2.47. The lowest BCUT2D eigenvalue weighted by Gasteiger charge is -2.33. The fourth-order valence-electron chi connectivity index (χ4n) is 4.42. The van der Waals surface area contributed by atoms with E-state index in [2.05, 4.69) is 30.9 Å². The molecule has 3 aromatic rings. The number of rotatable bonds is 4. The Morgan fingerprint density at radius 2 is 1.93 bits per heavy atom. The fourth-order valence-corrected chi connectivity index (χ4v) is 4.66. The minimum Gasteiger partial charge on any atom is -0.472 e. The highest BCUT2D eigenvalue weighted by Gasteiger charge is 2.49. The number of fused-ring (bicyclic) bond motifs is 2. The summed E-state index contributed by atoms with van der Waals surface area (Å²) in [4.78, 5) is 27.9. The molecule has 1 saturated heterocycles. The van der Waals surface area contributed by atoms with E-state index in [1.165, 1.54) is 6.07 Å². The van der Waals surface area contributed by atoms with Crippen LogP contribution in [0, 0.1) is 11.7 Å². The van der Waals surface area contributed by atoms with Crippen molar-refractivity contribution in [3.63, 3.8) is 0 Å². The van der Waals surface area contributed by atoms with Gasteiger partial charge in [0.15, 0.2) is 5.82 Å². The molecule has 1 aliphatic heterocycles. The number of carbonyl (C=O) groups excluding carboxylic acids is 1. The van der Waals surface area contributed by atoms with E-state index in [1.54, 1.807) is 47.8 Å². The number of amides is 1. The Kier molecular flexibility index (Phi) is 4.94. The van der Waals surface area contributed by atoms with E-state index >= 15 is 0 Å². The quantitative estimate of drug-likeness (QED) is 0.575. The number of halogens is 2. The van der Waals surface area contributed by atoms with Crippen molar-refractivity contribution in [3.05, 3.63) is 70.8 Å². The summed E-state index contributed by atoms with van der Waals surface area (Å²) in [6.07, 6.45) is 6.38. The van der Waals surface area contributed by atoms with Crippen LogP contribution in [-0.2, 0) is 0 Å². The van der Waals surface area contributed by atoms with E-state index in [-0.39, 0.29) is 23.6 Å². The van der Waals surface area contributed by atoms with Gasteiger partial charge in [-0.15, -0.1) is 0 Å². The standard InChI is InChI=1S/C22H18BrFN4O2/c23-14-5-6-19(27-11-14)30-18-10-13-9-17(18)28(12-13)22(29)20-15(3-1-4-16(20)24)21-25-7-2-8-26-21/h1-8,11,13,17-18H,9-10,12H2/t13-,17+,18-/m1/s1. The third-order valence-electron chi connectivity index (χ3n) is 5.69. The van der Waals surface area contributed by atoms with Crippen molar-refractivity contribution in [2.75, 3.05) is 6.54 Å². The van der Waals surface area contributed by atoms with E-state index in [1.807, 2.05) is 6.07 Å². The number of aromatic nitrogens is 3. The second kappa shape index (κ2) is 7.75. The molecule has 1 aliphatic carbocycles. The SMILES string of the molecule is O=C(c1c(F)cccc1-c1ncccn1)N1C[C@H]2C[C@@H](Oc3ccc(Br)cn3)[C@@H]1C2. The molecule has 0 radical (unpaired) electrons. The van der Waals surface area contributed by atoms with Crippen LogP contribution < -0.4 is 4.74 Å². The van der Waals surface area contributed by atoms with E-state index in [9.17, 15) is 9.18 Å². The van der Waals surface area contributed by atoms with Crippen LogP contribution in [0.3, 0.4) is 0 Å². The molecule has 1 amide bonds. The predicted octanol–water partition coefficient (Wildman–Crippen LogP) is 4.12. The summed E-state index contributed by atoms with van der Waals surface area (Å²) in [5, 5.41) is 0. The molecule has 3 heterocycles. The number of piperidine rings is 1. The van der Waals surface area contributed by atoms with Crippen LogP contribution in [0.4, 0.5) is 4.39 Å². The zero-order chi connectivity index (χ0) is 20.7. The largest absolute Gasteiger partial charge is 0.472 e. The molecule has 152 valence electrons. The normalized spacial score (nSPS) is 22.3. The first-order valence-electron chi connectivity index (χ1n) is 9.75. The Morgan fingerprint density at radius 3 is 2.67 bits per heavy atom. The molecule has 6 nitrogen and oxygen atoms in total. The predicted molar refractivity (Wildman–Crippen MR) is 111 cm³/mol. The van der Waals surface area contributed by atoms with Gasteiger partial charge in [0.2, 0.25) is 5.88 Å². The van der Waals surface area contributed by atoms with Gasteiger partial charge in [-0.3, -0.25) is 4.79 Å². The number of ether oxygens (including phenoxy) is 1. The Balaban J connectivity index is 1.43. The number of benzene rings is 1. The van der Waals surface area contributed by atoms with Gasteiger partial charge in [0.1, 0.15) is 11.9 Å². The third-order valence-corrected chi connectivity index (χ3v) is 6.16. The summed E-state index contributed by atoms with van der Waals surface area (Å²) < 4.78 is 21.8. The minimum atomic E-state index is -0.570. The first-order valence-corrected chi connectivity index (χ1v) is 10.5. The Bertz CT molecular complexity index is 1080. The topological polar surface area (TPSA) is 68.2 Å². The second-order valence-electron chi connectivity index (χ2n) is 7.57. The molecular formula is C22H18BrFN4O2. The Labute approximate surface area is 181 Å². The maximum Gasteiger partial charge on any atom is 0.257 e. The van der Waals surface area contributed by atoms with E-state index in [0.717, 1.165) is 17.3 Å². The molecule has 0 N–H and O–H groups in total. The highest BCUT2D eigenvalue weighted by molar-refractivity contribution is 9.10. The zero-order valence-corrected chi connectivity index (χ0v) is 17.5. The average Bonchev–Trinajstić information content (AvgIpc) is 3.36. The zero-order valence-electron chi connectivity index (χ0n) is 15.9. The molecule has 1 saturated carbocycles. The number of carbonyl (C=O) groups is 1. The van der Waals surface area contributed by atoms with Crippen LogP contribution in [0.15, 0.2) is 59.5 Å². The monoisotopic (exact) mass is 468 g/mol. The summed E-state index contributed by atoms with van der Waals surface area (Å²) in [5.41, 5.74) is 0.409. The van der Waals surface area contributed by atoms with Crippen LogP contribution in [0.25, 0.3) is 11.4 Å². The van der Waals surface area contributed by atoms with Gasteiger partial charge < -0.3 is 9.64 Å². The molecule has 0 spiro atoms.